The molecule has 0 aliphatic carbocycles. The molecule has 0 bridgehead atoms. The molecule has 0 unspecified atom stereocenters. The van der Waals surface area contributed by atoms with Gasteiger partial charge in [0.15, 0.2) is 0 Å². The third kappa shape index (κ3) is 368. The van der Waals surface area contributed by atoms with Gasteiger partial charge in [-0.25, -0.2) is 0 Å². The zero-order valence-electron chi connectivity index (χ0n) is 17.4. The second-order valence-corrected chi connectivity index (χ2v) is 3.41. The topological polar surface area (TPSA) is 31.5 Å². The zero-order chi connectivity index (χ0) is 17.7. The summed E-state index contributed by atoms with van der Waals surface area (Å²) >= 11 is 0. The van der Waals surface area contributed by atoms with Crippen molar-refractivity contribution in [3.63, 3.8) is 0 Å². The van der Waals surface area contributed by atoms with Gasteiger partial charge in [-0.2, -0.15) is 39.5 Å². The number of rotatable bonds is 4. The molecule has 0 saturated heterocycles. The van der Waals surface area contributed by atoms with Gasteiger partial charge in [0.25, 0.3) is 0 Å². The summed E-state index contributed by atoms with van der Waals surface area (Å²) in [5, 5.41) is 0. The van der Waals surface area contributed by atoms with Crippen LogP contribution in [0.1, 0.15) is 92.9 Å². The molecule has 0 aromatic carbocycles. The van der Waals surface area contributed by atoms with Crippen LogP contribution in [0.4, 0.5) is 0 Å². The first-order valence-corrected chi connectivity index (χ1v) is 8.24. The standard InChI is InChI=1S/2C5H11.2C3H7.2C2H5.H2O.2Ti/c2*1-3-5-4-2;2*1-3-2;2*1-2;;;/h2*1,3-5H2,2H3;2*1,3H2,2H3;2*1H2,2H3;1H2;;/q6*-1;;2*+3. The minimum atomic E-state index is 0. The molecular formula is C20H48OTi2. The van der Waals surface area contributed by atoms with Gasteiger partial charge in [-0.05, 0) is 0 Å². The molecule has 3 heteroatoms. The molecule has 0 amide bonds. The predicted octanol–water partition coefficient (Wildman–Crippen LogP) is 7.33. The molecule has 0 aromatic heterocycles. The summed E-state index contributed by atoms with van der Waals surface area (Å²) in [7, 11) is 0. The monoisotopic (exact) mass is 400 g/mol. The van der Waals surface area contributed by atoms with Gasteiger partial charge in [-0.15, -0.1) is 0 Å². The Bertz CT molecular complexity index is 51.6. The summed E-state index contributed by atoms with van der Waals surface area (Å²) in [6, 6.07) is 0. The van der Waals surface area contributed by atoms with Gasteiger partial charge in [0.2, 0.25) is 0 Å². The molecule has 2 radical (unpaired) electrons. The molecular weight excluding hydrogens is 352 g/mol. The Morgan fingerprint density at radius 3 is 0.652 bits per heavy atom. The molecule has 1 nitrogen and oxygen atoms in total. The third-order valence-corrected chi connectivity index (χ3v) is 1.21. The van der Waals surface area contributed by atoms with E-state index in [4.69, 9.17) is 0 Å². The molecule has 0 spiro atoms. The Balaban J connectivity index is -0.0000000148. The average molecular weight is 400 g/mol. The van der Waals surface area contributed by atoms with E-state index in [1.165, 1.54) is 25.7 Å². The summed E-state index contributed by atoms with van der Waals surface area (Å²) in [6.07, 6.45) is 9.31. The van der Waals surface area contributed by atoms with Crippen molar-refractivity contribution in [3.8, 4) is 0 Å². The van der Waals surface area contributed by atoms with Crippen molar-refractivity contribution in [1.82, 2.24) is 0 Å². The van der Waals surface area contributed by atoms with E-state index < -0.39 is 0 Å². The van der Waals surface area contributed by atoms with Crippen LogP contribution in [-0.2, 0) is 43.4 Å². The second kappa shape index (κ2) is 133. The molecule has 0 aromatic rings. The van der Waals surface area contributed by atoms with Crippen molar-refractivity contribution in [2.45, 2.75) is 92.9 Å². The maximum atomic E-state index is 3.68. The van der Waals surface area contributed by atoms with E-state index in [-0.39, 0.29) is 48.9 Å². The molecule has 23 heavy (non-hydrogen) atoms. The normalized spacial score (nSPS) is 5.74. The number of unbranched alkanes of at least 4 members (excludes halogenated alkanes) is 4. The van der Waals surface area contributed by atoms with Gasteiger partial charge >= 0.3 is 43.4 Å². The van der Waals surface area contributed by atoms with Crippen molar-refractivity contribution in [2.75, 3.05) is 0 Å². The summed E-state index contributed by atoms with van der Waals surface area (Å²) in [4.78, 5) is 0. The minimum Gasteiger partial charge on any atom is -0.412 e. The van der Waals surface area contributed by atoms with Gasteiger partial charge in [-0.1, -0.05) is 53.4 Å². The predicted molar refractivity (Wildman–Crippen MR) is 107 cm³/mol. The van der Waals surface area contributed by atoms with Crippen molar-refractivity contribution >= 4 is 0 Å². The van der Waals surface area contributed by atoms with Crippen LogP contribution >= 0.6 is 0 Å². The van der Waals surface area contributed by atoms with E-state index in [1.807, 2.05) is 13.8 Å². The fourth-order valence-corrected chi connectivity index (χ4v) is 0.500. The van der Waals surface area contributed by atoms with Crippen LogP contribution in [0.2, 0.25) is 0 Å². The van der Waals surface area contributed by atoms with Crippen LogP contribution in [0.5, 0.6) is 0 Å². The summed E-state index contributed by atoms with van der Waals surface area (Å²) in [5.41, 5.74) is 0. The third-order valence-electron chi connectivity index (χ3n) is 1.21. The van der Waals surface area contributed by atoms with E-state index >= 15 is 0 Å². The Labute approximate surface area is 182 Å². The summed E-state index contributed by atoms with van der Waals surface area (Å²) in [5.74, 6) is 0. The zero-order valence-corrected chi connectivity index (χ0v) is 20.5. The van der Waals surface area contributed by atoms with E-state index in [0.717, 1.165) is 25.7 Å². The van der Waals surface area contributed by atoms with Gasteiger partial charge in [0.05, 0.1) is 0 Å². The molecule has 0 aliphatic rings. The second-order valence-electron chi connectivity index (χ2n) is 3.41. The van der Waals surface area contributed by atoms with Gasteiger partial charge in [-0.3, -0.25) is 0 Å². The molecule has 0 heterocycles. The number of hydrogen-bond acceptors (Lipinski definition) is 0. The maximum Gasteiger partial charge on any atom is 3.00 e. The van der Waals surface area contributed by atoms with Gasteiger partial charge in [0, 0.05) is 0 Å². The molecule has 0 aliphatic heterocycles. The minimum absolute atomic E-state index is 0. The van der Waals surface area contributed by atoms with E-state index in [1.54, 1.807) is 13.8 Å². The Morgan fingerprint density at radius 1 is 0.522 bits per heavy atom. The molecule has 0 atom stereocenters. The largest absolute Gasteiger partial charge is 3.00 e. The maximum absolute atomic E-state index is 3.68. The number of hydrogen-bond donors (Lipinski definition) is 0. The Hall–Kier alpha value is 1.39. The van der Waals surface area contributed by atoms with Crippen LogP contribution in [-0.4, -0.2) is 5.48 Å². The fourth-order valence-electron chi connectivity index (χ4n) is 0.500. The smallest absolute Gasteiger partial charge is 0.412 e. The van der Waals surface area contributed by atoms with Crippen molar-refractivity contribution in [2.24, 2.45) is 0 Å². The van der Waals surface area contributed by atoms with Crippen molar-refractivity contribution in [1.29, 1.82) is 0 Å². The Morgan fingerprint density at radius 2 is 0.652 bits per heavy atom. The average Bonchev–Trinajstić information content (AvgIpc) is 2.47. The molecule has 142 valence electrons. The quantitative estimate of drug-likeness (QED) is 0.349. The fraction of sp³-hybridized carbons (Fsp3) is 0.700. The van der Waals surface area contributed by atoms with Gasteiger partial charge in [0.1, 0.15) is 0 Å². The summed E-state index contributed by atoms with van der Waals surface area (Å²) < 4.78 is 0. The first-order valence-electron chi connectivity index (χ1n) is 8.24. The van der Waals surface area contributed by atoms with E-state index in [2.05, 4.69) is 55.4 Å². The van der Waals surface area contributed by atoms with Crippen molar-refractivity contribution in [3.05, 3.63) is 41.5 Å². The SMILES string of the molecule is O.[CH2-]C.[CH2-]C.[CH2-]CC.[CH2-]CC.[CH2-]CCCC.[CH2-]CCCC.[Ti+3].[Ti+3]. The van der Waals surface area contributed by atoms with E-state index in [9.17, 15) is 0 Å². The van der Waals surface area contributed by atoms with Crippen LogP contribution < -0.4 is 0 Å². The van der Waals surface area contributed by atoms with Crippen LogP contribution in [0.3, 0.4) is 0 Å². The van der Waals surface area contributed by atoms with Crippen LogP contribution in [0.15, 0.2) is 0 Å². The first kappa shape index (κ1) is 56.3. The molecule has 2 N–H and O–H groups in total. The van der Waals surface area contributed by atoms with Crippen molar-refractivity contribution < 1.29 is 48.9 Å². The molecule has 0 fully saturated rings. The Kier molecular flexibility index (Phi) is 326. The van der Waals surface area contributed by atoms with E-state index in [0.29, 0.717) is 0 Å². The van der Waals surface area contributed by atoms with Crippen LogP contribution in [0, 0.1) is 41.5 Å². The molecule has 0 saturated carbocycles. The van der Waals surface area contributed by atoms with Gasteiger partial charge < -0.3 is 47.0 Å². The molecule has 0 rings (SSSR count). The van der Waals surface area contributed by atoms with Crippen LogP contribution in [0.25, 0.3) is 0 Å². The summed E-state index contributed by atoms with van der Waals surface area (Å²) in [6.45, 7) is 32.7. The first-order chi connectivity index (χ1) is 9.66.